The predicted octanol–water partition coefficient (Wildman–Crippen LogP) is -8.12. The van der Waals surface area contributed by atoms with Crippen molar-refractivity contribution in [3.05, 3.63) is 0 Å². The molecule has 0 aromatic carbocycles. The zero-order valence-corrected chi connectivity index (χ0v) is 17.3. The van der Waals surface area contributed by atoms with Crippen molar-refractivity contribution in [2.45, 2.75) is 91.1 Å². The molecule has 12 N–H and O–H groups in total. The maximum atomic E-state index is 11.3. The van der Waals surface area contributed by atoms with Gasteiger partial charge in [-0.15, -0.1) is 0 Å². The van der Waals surface area contributed by atoms with Crippen molar-refractivity contribution in [2.24, 2.45) is 0 Å². The second-order valence-corrected chi connectivity index (χ2v) is 8.64. The number of aliphatic hydroxyl groups is 12. The molecule has 15 atom stereocenters. The Bertz CT molecular complexity index is 646. The molecule has 3 aliphatic heterocycles. The smallest absolute Gasteiger partial charge is 0.150 e. The van der Waals surface area contributed by atoms with Gasteiger partial charge in [-0.2, -0.15) is 0 Å². The van der Waals surface area contributed by atoms with Crippen LogP contribution in [0, 0.1) is 0 Å². The molecule has 0 spiro atoms. The Kier molecular flexibility index (Phi) is 8.32. The molecule has 0 bridgehead atoms. The molecule has 4 unspecified atom stereocenters. The van der Waals surface area contributed by atoms with Crippen molar-refractivity contribution in [2.75, 3.05) is 19.8 Å². The Morgan fingerprint density at radius 3 is 1.52 bits per heavy atom. The second kappa shape index (κ2) is 10.2. The van der Waals surface area contributed by atoms with Gasteiger partial charge in [-0.05, 0) is 0 Å². The van der Waals surface area contributed by atoms with Gasteiger partial charge in [0.25, 0.3) is 0 Å². The van der Waals surface area contributed by atoms with Crippen LogP contribution in [-0.2, 0) is 14.2 Å². The maximum absolute atomic E-state index is 11.3. The second-order valence-electron chi connectivity index (χ2n) is 8.64. The lowest BCUT2D eigenvalue weighted by Crippen LogP contribution is -2.78. The van der Waals surface area contributed by atoms with Gasteiger partial charge < -0.3 is 75.5 Å². The van der Waals surface area contributed by atoms with E-state index in [-0.39, 0.29) is 0 Å². The van der Waals surface area contributed by atoms with Crippen molar-refractivity contribution < 1.29 is 75.5 Å². The van der Waals surface area contributed by atoms with Gasteiger partial charge in [0.15, 0.2) is 0 Å². The number of rotatable bonds is 5. The van der Waals surface area contributed by atoms with Gasteiger partial charge in [0.1, 0.15) is 91.1 Å². The third-order valence-electron chi connectivity index (χ3n) is 6.74. The lowest BCUT2D eigenvalue weighted by atomic mass is 9.72. The third kappa shape index (κ3) is 4.31. The fourth-order valence-corrected chi connectivity index (χ4v) is 4.72. The van der Waals surface area contributed by atoms with Gasteiger partial charge in [-0.25, -0.2) is 0 Å². The van der Waals surface area contributed by atoms with Crippen LogP contribution in [0.2, 0.25) is 0 Å². The third-order valence-corrected chi connectivity index (χ3v) is 6.74. The summed E-state index contributed by atoms with van der Waals surface area (Å²) in [5, 5.41) is 122. The first-order chi connectivity index (χ1) is 15.4. The van der Waals surface area contributed by atoms with Crippen molar-refractivity contribution >= 4 is 0 Å². The normalized spacial score (nSPS) is 56.0. The highest BCUT2D eigenvalue weighted by Gasteiger charge is 2.65. The van der Waals surface area contributed by atoms with E-state index in [9.17, 15) is 61.3 Å². The van der Waals surface area contributed by atoms with E-state index in [1.54, 1.807) is 0 Å². The summed E-state index contributed by atoms with van der Waals surface area (Å²) in [5.41, 5.74) is -2.81. The van der Waals surface area contributed by atoms with Crippen LogP contribution < -0.4 is 0 Å². The quantitative estimate of drug-likeness (QED) is 0.171. The van der Waals surface area contributed by atoms with E-state index in [2.05, 4.69) is 0 Å². The van der Waals surface area contributed by atoms with Crippen LogP contribution in [0.25, 0.3) is 0 Å². The summed E-state index contributed by atoms with van der Waals surface area (Å²) in [5.74, 6) is 0. The van der Waals surface area contributed by atoms with E-state index in [0.717, 1.165) is 0 Å². The van der Waals surface area contributed by atoms with Crippen molar-refractivity contribution in [3.8, 4) is 0 Å². The monoisotopic (exact) mass is 488 g/mol. The molecule has 0 saturated carbocycles. The minimum atomic E-state index is -2.81. The van der Waals surface area contributed by atoms with E-state index in [1.165, 1.54) is 0 Å². The highest BCUT2D eigenvalue weighted by atomic mass is 16.6. The molecule has 15 nitrogen and oxygen atoms in total. The summed E-state index contributed by atoms with van der Waals surface area (Å²) in [4.78, 5) is 0. The SMILES string of the molecule is OCC1OC(C2O[C@H](CO)[C@@H](O)[C@H](O)[C@H]2O)[C@H](O)[C@@H](O)[C@@]1(O)C1O[C@H](CO)[C@@H](O)[C@H](O)[C@H]1O. The standard InChI is InChI=1S/C18H32O15/c19-1-4-7(22)9(24)11(26)14(31-4)15-13(28)16(29)18(30,6(3-21)33-15)17-12(27)10(25)8(23)5(2-20)32-17/h4-17,19-30H,1-3H2/t4-,5-,6?,7-,8-,9+,10+,11-,12-,13+,14?,15?,16-,17?,18-/m1/s1. The first kappa shape index (κ1) is 27.0. The zero-order chi connectivity index (χ0) is 24.8. The van der Waals surface area contributed by atoms with Crippen LogP contribution in [0.3, 0.4) is 0 Å². The average molecular weight is 488 g/mol. The topological polar surface area (TPSA) is 270 Å². The van der Waals surface area contributed by atoms with Crippen LogP contribution in [0.5, 0.6) is 0 Å². The van der Waals surface area contributed by atoms with Gasteiger partial charge >= 0.3 is 0 Å². The van der Waals surface area contributed by atoms with E-state index in [0.29, 0.717) is 0 Å². The van der Waals surface area contributed by atoms with Crippen LogP contribution in [0.4, 0.5) is 0 Å². The van der Waals surface area contributed by atoms with Crippen molar-refractivity contribution in [1.29, 1.82) is 0 Å². The molecule has 0 amide bonds. The predicted molar refractivity (Wildman–Crippen MR) is 100 cm³/mol. The first-order valence-electron chi connectivity index (χ1n) is 10.4. The highest BCUT2D eigenvalue weighted by molar-refractivity contribution is 5.14. The Morgan fingerprint density at radius 1 is 0.515 bits per heavy atom. The molecule has 0 aromatic heterocycles. The van der Waals surface area contributed by atoms with Crippen LogP contribution in [0.1, 0.15) is 0 Å². The lowest BCUT2D eigenvalue weighted by molar-refractivity contribution is -0.362. The molecule has 33 heavy (non-hydrogen) atoms. The van der Waals surface area contributed by atoms with Crippen LogP contribution in [-0.4, -0.2) is 172 Å². The van der Waals surface area contributed by atoms with E-state index in [1.807, 2.05) is 0 Å². The van der Waals surface area contributed by atoms with Gasteiger partial charge in [0, 0.05) is 0 Å². The summed E-state index contributed by atoms with van der Waals surface area (Å²) in [6.45, 7) is -2.69. The van der Waals surface area contributed by atoms with Crippen LogP contribution >= 0.6 is 0 Å². The Morgan fingerprint density at radius 2 is 1.00 bits per heavy atom. The van der Waals surface area contributed by atoms with Crippen LogP contribution in [0.15, 0.2) is 0 Å². The average Bonchev–Trinajstić information content (AvgIpc) is 2.80. The fourth-order valence-electron chi connectivity index (χ4n) is 4.72. The molecule has 3 saturated heterocycles. The van der Waals surface area contributed by atoms with E-state index in [4.69, 9.17) is 14.2 Å². The Balaban J connectivity index is 1.91. The van der Waals surface area contributed by atoms with E-state index < -0.39 is 111 Å². The Labute approximate surface area is 187 Å². The molecule has 0 aromatic rings. The van der Waals surface area contributed by atoms with Gasteiger partial charge in [-0.3, -0.25) is 0 Å². The summed E-state index contributed by atoms with van der Waals surface area (Å²) in [6.07, 6.45) is -25.7. The first-order valence-corrected chi connectivity index (χ1v) is 10.4. The largest absolute Gasteiger partial charge is 0.394 e. The van der Waals surface area contributed by atoms with Gasteiger partial charge in [0.05, 0.1) is 19.8 Å². The molecule has 0 radical (unpaired) electrons. The number of hydrogen-bond acceptors (Lipinski definition) is 15. The summed E-state index contributed by atoms with van der Waals surface area (Å²) < 4.78 is 16.1. The number of ether oxygens (including phenoxy) is 3. The zero-order valence-electron chi connectivity index (χ0n) is 17.3. The number of hydrogen-bond donors (Lipinski definition) is 12. The molecule has 0 aliphatic carbocycles. The highest BCUT2D eigenvalue weighted by Crippen LogP contribution is 2.41. The molecular weight excluding hydrogens is 456 g/mol. The summed E-state index contributed by atoms with van der Waals surface area (Å²) in [7, 11) is 0. The molecule has 3 rings (SSSR count). The van der Waals surface area contributed by atoms with E-state index >= 15 is 0 Å². The van der Waals surface area contributed by atoms with Crippen molar-refractivity contribution in [1.82, 2.24) is 0 Å². The maximum Gasteiger partial charge on any atom is 0.150 e. The molecule has 3 heterocycles. The molecule has 3 fully saturated rings. The fraction of sp³-hybridized carbons (Fsp3) is 1.00. The minimum Gasteiger partial charge on any atom is -0.394 e. The van der Waals surface area contributed by atoms with Gasteiger partial charge in [-0.1, -0.05) is 0 Å². The Hall–Kier alpha value is -0.600. The van der Waals surface area contributed by atoms with Crippen molar-refractivity contribution in [3.63, 3.8) is 0 Å². The van der Waals surface area contributed by atoms with Gasteiger partial charge in [0.2, 0.25) is 0 Å². The molecule has 3 aliphatic rings. The summed E-state index contributed by atoms with van der Waals surface area (Å²) >= 11 is 0. The summed E-state index contributed by atoms with van der Waals surface area (Å²) in [6, 6.07) is 0. The molecular formula is C18H32O15. The number of aliphatic hydroxyl groups excluding tert-OH is 11. The molecule has 194 valence electrons. The molecule has 15 heteroatoms. The minimum absolute atomic E-state index is 0.787. The lowest BCUT2D eigenvalue weighted by Gasteiger charge is -2.56.